The topological polar surface area (TPSA) is 74.7 Å². The SMILES string of the molecule is CCOC(=O)c1ccc2[nH]c3c(c2c1)CCC/C3=N/O. The fourth-order valence-corrected chi connectivity index (χ4v) is 2.75. The number of hydrogen-bond acceptors (Lipinski definition) is 4. The number of benzene rings is 1. The van der Waals surface area contributed by atoms with E-state index in [2.05, 4.69) is 10.1 Å². The number of aromatic amines is 1. The number of H-pyrrole nitrogens is 1. The molecule has 0 unspecified atom stereocenters. The highest BCUT2D eigenvalue weighted by molar-refractivity contribution is 6.07. The lowest BCUT2D eigenvalue weighted by Crippen LogP contribution is -2.11. The van der Waals surface area contributed by atoms with E-state index < -0.39 is 0 Å². The van der Waals surface area contributed by atoms with Crippen LogP contribution >= 0.6 is 0 Å². The molecule has 0 saturated carbocycles. The summed E-state index contributed by atoms with van der Waals surface area (Å²) in [6, 6.07) is 5.47. The van der Waals surface area contributed by atoms with Crippen LogP contribution in [0.15, 0.2) is 23.4 Å². The molecule has 0 bridgehead atoms. The molecule has 104 valence electrons. The number of aryl methyl sites for hydroxylation is 1. The number of fused-ring (bicyclic) bond motifs is 3. The van der Waals surface area contributed by atoms with Crippen LogP contribution in [-0.2, 0) is 11.2 Å². The van der Waals surface area contributed by atoms with Crippen molar-refractivity contribution in [2.45, 2.75) is 26.2 Å². The molecule has 1 aromatic heterocycles. The summed E-state index contributed by atoms with van der Waals surface area (Å²) in [6.07, 6.45) is 2.63. The second kappa shape index (κ2) is 5.00. The van der Waals surface area contributed by atoms with Crippen molar-refractivity contribution in [3.8, 4) is 0 Å². The third-order valence-electron chi connectivity index (χ3n) is 3.67. The van der Waals surface area contributed by atoms with Gasteiger partial charge in [0.25, 0.3) is 0 Å². The van der Waals surface area contributed by atoms with E-state index in [9.17, 15) is 4.79 Å². The normalized spacial score (nSPS) is 16.4. The Morgan fingerprint density at radius 1 is 1.45 bits per heavy atom. The molecular formula is C15H16N2O3. The monoisotopic (exact) mass is 272 g/mol. The Morgan fingerprint density at radius 3 is 3.05 bits per heavy atom. The van der Waals surface area contributed by atoms with Crippen molar-refractivity contribution < 1.29 is 14.7 Å². The predicted octanol–water partition coefficient (Wildman–Crippen LogP) is 2.86. The molecule has 0 radical (unpaired) electrons. The minimum atomic E-state index is -0.309. The summed E-state index contributed by atoms with van der Waals surface area (Å²) in [4.78, 5) is 15.1. The van der Waals surface area contributed by atoms with E-state index in [0.717, 1.165) is 41.4 Å². The van der Waals surface area contributed by atoms with Crippen molar-refractivity contribution >= 4 is 22.6 Å². The Kier molecular flexibility index (Phi) is 3.18. The molecule has 5 heteroatoms. The van der Waals surface area contributed by atoms with Gasteiger partial charge in [-0.3, -0.25) is 0 Å². The molecule has 2 aromatic rings. The van der Waals surface area contributed by atoms with Crippen LogP contribution < -0.4 is 0 Å². The molecule has 0 amide bonds. The quantitative estimate of drug-likeness (QED) is 0.501. The van der Waals surface area contributed by atoms with E-state index in [-0.39, 0.29) is 5.97 Å². The Balaban J connectivity index is 2.13. The van der Waals surface area contributed by atoms with Gasteiger partial charge in [0.15, 0.2) is 0 Å². The zero-order valence-electron chi connectivity index (χ0n) is 11.3. The highest BCUT2D eigenvalue weighted by Crippen LogP contribution is 2.30. The Bertz CT molecular complexity index is 700. The molecule has 1 aliphatic carbocycles. The lowest BCUT2D eigenvalue weighted by atomic mass is 9.93. The number of carbonyl (C=O) groups excluding carboxylic acids is 1. The molecule has 1 aliphatic rings. The van der Waals surface area contributed by atoms with Crippen LogP contribution in [0, 0.1) is 0 Å². The number of carbonyl (C=O) groups is 1. The lowest BCUT2D eigenvalue weighted by Gasteiger charge is -2.12. The molecule has 0 saturated heterocycles. The van der Waals surface area contributed by atoms with Crippen LogP contribution in [0.4, 0.5) is 0 Å². The van der Waals surface area contributed by atoms with E-state index in [1.54, 1.807) is 13.0 Å². The first-order valence-electron chi connectivity index (χ1n) is 6.77. The lowest BCUT2D eigenvalue weighted by molar-refractivity contribution is 0.0526. The van der Waals surface area contributed by atoms with Gasteiger partial charge in [0.05, 0.1) is 17.9 Å². The summed E-state index contributed by atoms with van der Waals surface area (Å²) in [7, 11) is 0. The second-order valence-corrected chi connectivity index (χ2v) is 4.86. The van der Waals surface area contributed by atoms with Crippen LogP contribution in [0.2, 0.25) is 0 Å². The van der Waals surface area contributed by atoms with Crippen molar-refractivity contribution in [1.29, 1.82) is 0 Å². The first kappa shape index (κ1) is 12.7. The molecule has 1 heterocycles. The number of oxime groups is 1. The average Bonchev–Trinajstić information content (AvgIpc) is 2.85. The summed E-state index contributed by atoms with van der Waals surface area (Å²) >= 11 is 0. The van der Waals surface area contributed by atoms with Crippen molar-refractivity contribution in [2.24, 2.45) is 5.16 Å². The maximum absolute atomic E-state index is 11.8. The minimum absolute atomic E-state index is 0.309. The first-order valence-corrected chi connectivity index (χ1v) is 6.77. The number of hydrogen-bond donors (Lipinski definition) is 2. The number of nitrogens with zero attached hydrogens (tertiary/aromatic N) is 1. The third kappa shape index (κ3) is 1.95. The summed E-state index contributed by atoms with van der Waals surface area (Å²) in [5, 5.41) is 13.4. The van der Waals surface area contributed by atoms with Gasteiger partial charge in [-0.05, 0) is 49.9 Å². The van der Waals surface area contributed by atoms with E-state index in [1.165, 1.54) is 0 Å². The van der Waals surface area contributed by atoms with E-state index in [4.69, 9.17) is 9.94 Å². The molecular weight excluding hydrogens is 256 g/mol. The maximum Gasteiger partial charge on any atom is 0.338 e. The van der Waals surface area contributed by atoms with Gasteiger partial charge in [0.2, 0.25) is 0 Å². The number of aromatic nitrogens is 1. The predicted molar refractivity (Wildman–Crippen MR) is 75.5 cm³/mol. The fraction of sp³-hybridized carbons (Fsp3) is 0.333. The molecule has 3 rings (SSSR count). The van der Waals surface area contributed by atoms with Gasteiger partial charge in [0, 0.05) is 10.9 Å². The molecule has 0 aliphatic heterocycles. The van der Waals surface area contributed by atoms with Crippen LogP contribution in [-0.4, -0.2) is 28.5 Å². The van der Waals surface area contributed by atoms with Gasteiger partial charge in [0.1, 0.15) is 5.71 Å². The molecule has 1 aromatic carbocycles. The van der Waals surface area contributed by atoms with E-state index in [1.807, 2.05) is 12.1 Å². The summed E-state index contributed by atoms with van der Waals surface area (Å²) in [5.41, 5.74) is 4.18. The maximum atomic E-state index is 11.8. The summed E-state index contributed by atoms with van der Waals surface area (Å²) in [6.45, 7) is 2.15. The largest absolute Gasteiger partial charge is 0.462 e. The zero-order chi connectivity index (χ0) is 14.1. The van der Waals surface area contributed by atoms with Crippen LogP contribution in [0.1, 0.15) is 41.4 Å². The van der Waals surface area contributed by atoms with Gasteiger partial charge in [-0.1, -0.05) is 5.16 Å². The Labute approximate surface area is 116 Å². The fourth-order valence-electron chi connectivity index (χ4n) is 2.75. The third-order valence-corrected chi connectivity index (χ3v) is 3.67. The van der Waals surface area contributed by atoms with E-state index >= 15 is 0 Å². The summed E-state index contributed by atoms with van der Waals surface area (Å²) < 4.78 is 5.03. The van der Waals surface area contributed by atoms with Crippen LogP contribution in [0.25, 0.3) is 10.9 Å². The van der Waals surface area contributed by atoms with Crippen LogP contribution in [0.3, 0.4) is 0 Å². The molecule has 20 heavy (non-hydrogen) atoms. The van der Waals surface area contributed by atoms with Crippen LogP contribution in [0.5, 0.6) is 0 Å². The Hall–Kier alpha value is -2.30. The zero-order valence-corrected chi connectivity index (χ0v) is 11.3. The van der Waals surface area contributed by atoms with Crippen molar-refractivity contribution in [1.82, 2.24) is 4.98 Å². The van der Waals surface area contributed by atoms with E-state index in [0.29, 0.717) is 17.9 Å². The van der Waals surface area contributed by atoms with Gasteiger partial charge in [-0.15, -0.1) is 0 Å². The number of ether oxygens (including phenoxy) is 1. The second-order valence-electron chi connectivity index (χ2n) is 4.86. The van der Waals surface area contributed by atoms with Gasteiger partial charge in [-0.2, -0.15) is 0 Å². The average molecular weight is 272 g/mol. The highest BCUT2D eigenvalue weighted by atomic mass is 16.5. The first-order chi connectivity index (χ1) is 9.74. The molecule has 0 spiro atoms. The van der Waals surface area contributed by atoms with Gasteiger partial charge >= 0.3 is 5.97 Å². The standard InChI is InChI=1S/C15H16N2O3/c1-2-20-15(18)9-6-7-12-11(8-9)10-4-3-5-13(17-19)14(10)16-12/h6-8,16,19H,2-5H2,1H3/b17-13-. The van der Waals surface area contributed by atoms with Gasteiger partial charge in [-0.25, -0.2) is 4.79 Å². The van der Waals surface area contributed by atoms with Crippen molar-refractivity contribution in [2.75, 3.05) is 6.61 Å². The molecule has 0 fully saturated rings. The number of rotatable bonds is 2. The molecule has 2 N–H and O–H groups in total. The van der Waals surface area contributed by atoms with Crippen molar-refractivity contribution in [3.63, 3.8) is 0 Å². The molecule has 0 atom stereocenters. The minimum Gasteiger partial charge on any atom is -0.462 e. The summed E-state index contributed by atoms with van der Waals surface area (Å²) in [5.74, 6) is -0.309. The van der Waals surface area contributed by atoms with Gasteiger partial charge < -0.3 is 14.9 Å². The highest BCUT2D eigenvalue weighted by Gasteiger charge is 2.21. The van der Waals surface area contributed by atoms with Crippen molar-refractivity contribution in [3.05, 3.63) is 35.0 Å². The number of nitrogens with one attached hydrogen (secondary N) is 1. The Morgan fingerprint density at radius 2 is 2.30 bits per heavy atom. The number of esters is 1. The molecule has 5 nitrogen and oxygen atoms in total. The smallest absolute Gasteiger partial charge is 0.338 e.